The van der Waals surface area contributed by atoms with E-state index in [-0.39, 0.29) is 12.0 Å². The summed E-state index contributed by atoms with van der Waals surface area (Å²) in [5.74, 6) is -0.416. The number of para-hydroxylation sites is 1. The Morgan fingerprint density at radius 1 is 1.38 bits per heavy atom. The van der Waals surface area contributed by atoms with Crippen LogP contribution in [-0.2, 0) is 16.0 Å². The molecule has 4 nitrogen and oxygen atoms in total. The average Bonchev–Trinajstić information content (AvgIpc) is 2.30. The SMILES string of the molecule is COC(=O)Cc1cc2ccccc2[nH]c1=O. The van der Waals surface area contributed by atoms with Crippen molar-refractivity contribution in [3.05, 3.63) is 46.2 Å². The zero-order valence-electron chi connectivity index (χ0n) is 8.82. The number of hydrogen-bond acceptors (Lipinski definition) is 3. The molecule has 1 heterocycles. The Bertz CT molecular complexity index is 586. The molecule has 0 atom stereocenters. The van der Waals surface area contributed by atoms with Gasteiger partial charge in [-0.2, -0.15) is 0 Å². The van der Waals surface area contributed by atoms with E-state index in [0.717, 1.165) is 10.9 Å². The monoisotopic (exact) mass is 217 g/mol. The molecule has 0 fully saturated rings. The van der Waals surface area contributed by atoms with Crippen molar-refractivity contribution in [2.75, 3.05) is 7.11 Å². The number of fused-ring (bicyclic) bond motifs is 1. The van der Waals surface area contributed by atoms with Crippen LogP contribution >= 0.6 is 0 Å². The van der Waals surface area contributed by atoms with Crippen LogP contribution in [0.3, 0.4) is 0 Å². The van der Waals surface area contributed by atoms with Gasteiger partial charge in [0, 0.05) is 11.1 Å². The maximum atomic E-state index is 11.6. The molecule has 0 amide bonds. The Labute approximate surface area is 91.9 Å². The van der Waals surface area contributed by atoms with Gasteiger partial charge in [-0.15, -0.1) is 0 Å². The Morgan fingerprint density at radius 3 is 2.88 bits per heavy atom. The highest BCUT2D eigenvalue weighted by Crippen LogP contribution is 2.10. The number of esters is 1. The van der Waals surface area contributed by atoms with Crippen molar-refractivity contribution in [1.82, 2.24) is 4.98 Å². The van der Waals surface area contributed by atoms with Crippen LogP contribution in [0.25, 0.3) is 10.9 Å². The molecule has 1 aromatic carbocycles. The number of ether oxygens (including phenoxy) is 1. The van der Waals surface area contributed by atoms with Crippen molar-refractivity contribution in [2.24, 2.45) is 0 Å². The van der Waals surface area contributed by atoms with E-state index in [9.17, 15) is 9.59 Å². The standard InChI is InChI=1S/C12H11NO3/c1-16-11(14)7-9-6-8-4-2-3-5-10(8)13-12(9)15/h2-6H,7H2,1H3,(H,13,15). The molecule has 0 saturated heterocycles. The van der Waals surface area contributed by atoms with Crippen molar-refractivity contribution in [3.8, 4) is 0 Å². The minimum atomic E-state index is -0.416. The summed E-state index contributed by atoms with van der Waals surface area (Å²) in [7, 11) is 1.30. The topological polar surface area (TPSA) is 59.2 Å². The number of methoxy groups -OCH3 is 1. The normalized spacial score (nSPS) is 10.3. The van der Waals surface area contributed by atoms with E-state index >= 15 is 0 Å². The van der Waals surface area contributed by atoms with Gasteiger partial charge < -0.3 is 9.72 Å². The zero-order chi connectivity index (χ0) is 11.5. The highest BCUT2D eigenvalue weighted by atomic mass is 16.5. The second kappa shape index (κ2) is 4.18. The summed E-state index contributed by atoms with van der Waals surface area (Å²) in [6.07, 6.45) is -0.00331. The summed E-state index contributed by atoms with van der Waals surface area (Å²) >= 11 is 0. The Morgan fingerprint density at radius 2 is 2.12 bits per heavy atom. The summed E-state index contributed by atoms with van der Waals surface area (Å²) in [5, 5.41) is 0.904. The van der Waals surface area contributed by atoms with Gasteiger partial charge in [0.25, 0.3) is 5.56 Å². The molecule has 0 bridgehead atoms. The summed E-state index contributed by atoms with van der Waals surface area (Å²) in [5.41, 5.74) is 0.941. The molecule has 0 radical (unpaired) electrons. The van der Waals surface area contributed by atoms with E-state index in [2.05, 4.69) is 9.72 Å². The summed E-state index contributed by atoms with van der Waals surface area (Å²) in [4.78, 5) is 25.4. The smallest absolute Gasteiger partial charge is 0.310 e. The zero-order valence-corrected chi connectivity index (χ0v) is 8.82. The lowest BCUT2D eigenvalue weighted by atomic mass is 10.1. The molecule has 4 heteroatoms. The van der Waals surface area contributed by atoms with E-state index < -0.39 is 5.97 Å². The largest absolute Gasteiger partial charge is 0.469 e. The van der Waals surface area contributed by atoms with Gasteiger partial charge in [0.2, 0.25) is 0 Å². The second-order valence-electron chi connectivity index (χ2n) is 3.46. The molecule has 1 N–H and O–H groups in total. The molecule has 0 spiro atoms. The average molecular weight is 217 g/mol. The molecule has 0 unspecified atom stereocenters. The fourth-order valence-corrected chi connectivity index (χ4v) is 1.55. The summed E-state index contributed by atoms with van der Waals surface area (Å²) < 4.78 is 4.53. The number of aromatic nitrogens is 1. The third-order valence-electron chi connectivity index (χ3n) is 2.39. The molecule has 0 aliphatic rings. The highest BCUT2D eigenvalue weighted by molar-refractivity contribution is 5.80. The number of pyridine rings is 1. The van der Waals surface area contributed by atoms with Gasteiger partial charge in [-0.3, -0.25) is 9.59 Å². The van der Waals surface area contributed by atoms with Gasteiger partial charge in [-0.05, 0) is 17.5 Å². The van der Waals surface area contributed by atoms with Gasteiger partial charge in [-0.25, -0.2) is 0 Å². The van der Waals surface area contributed by atoms with E-state index in [0.29, 0.717) is 5.56 Å². The molecule has 16 heavy (non-hydrogen) atoms. The molecule has 0 aliphatic carbocycles. The maximum absolute atomic E-state index is 11.6. The third kappa shape index (κ3) is 1.95. The van der Waals surface area contributed by atoms with Crippen molar-refractivity contribution in [2.45, 2.75) is 6.42 Å². The van der Waals surface area contributed by atoms with Crippen LogP contribution in [0.4, 0.5) is 0 Å². The van der Waals surface area contributed by atoms with Crippen molar-refractivity contribution < 1.29 is 9.53 Å². The number of carbonyl (C=O) groups is 1. The van der Waals surface area contributed by atoms with Crippen LogP contribution in [-0.4, -0.2) is 18.1 Å². The van der Waals surface area contributed by atoms with Crippen LogP contribution in [0.5, 0.6) is 0 Å². The maximum Gasteiger partial charge on any atom is 0.310 e. The minimum Gasteiger partial charge on any atom is -0.469 e. The van der Waals surface area contributed by atoms with Crippen LogP contribution in [0.1, 0.15) is 5.56 Å². The number of carbonyl (C=O) groups excluding carboxylic acids is 1. The number of nitrogens with one attached hydrogen (secondary N) is 1. The first kappa shape index (κ1) is 10.4. The number of H-pyrrole nitrogens is 1. The van der Waals surface area contributed by atoms with Crippen LogP contribution in [0.15, 0.2) is 35.1 Å². The second-order valence-corrected chi connectivity index (χ2v) is 3.46. The van der Waals surface area contributed by atoms with Crippen molar-refractivity contribution >= 4 is 16.9 Å². The molecular weight excluding hydrogens is 206 g/mol. The molecule has 2 rings (SSSR count). The third-order valence-corrected chi connectivity index (χ3v) is 2.39. The van der Waals surface area contributed by atoms with Gasteiger partial charge in [0.1, 0.15) is 0 Å². The predicted octanol–water partition coefficient (Wildman–Crippen LogP) is 1.24. The van der Waals surface area contributed by atoms with Crippen LogP contribution < -0.4 is 5.56 Å². The number of benzene rings is 1. The summed E-state index contributed by atoms with van der Waals surface area (Å²) in [6.45, 7) is 0. The minimum absolute atomic E-state index is 0.00331. The van der Waals surface area contributed by atoms with E-state index in [1.807, 2.05) is 24.3 Å². The van der Waals surface area contributed by atoms with Gasteiger partial charge in [-0.1, -0.05) is 18.2 Å². The van der Waals surface area contributed by atoms with Gasteiger partial charge >= 0.3 is 5.97 Å². The fraction of sp³-hybridized carbons (Fsp3) is 0.167. The first-order chi connectivity index (χ1) is 7.70. The van der Waals surface area contributed by atoms with Crippen LogP contribution in [0, 0.1) is 0 Å². The van der Waals surface area contributed by atoms with Crippen molar-refractivity contribution in [3.63, 3.8) is 0 Å². The van der Waals surface area contributed by atoms with E-state index in [1.165, 1.54) is 7.11 Å². The molecule has 82 valence electrons. The molecule has 2 aromatic rings. The summed E-state index contributed by atoms with van der Waals surface area (Å²) in [6, 6.07) is 9.14. The number of aromatic amines is 1. The Kier molecular flexibility index (Phi) is 2.72. The quantitative estimate of drug-likeness (QED) is 0.770. The number of rotatable bonds is 2. The predicted molar refractivity (Wildman–Crippen MR) is 60.3 cm³/mol. The van der Waals surface area contributed by atoms with Gasteiger partial charge in [0.05, 0.1) is 13.5 Å². The molecular formula is C12H11NO3. The number of hydrogen-bond donors (Lipinski definition) is 1. The lowest BCUT2D eigenvalue weighted by Crippen LogP contribution is -2.16. The lowest BCUT2D eigenvalue weighted by Gasteiger charge is -2.01. The highest BCUT2D eigenvalue weighted by Gasteiger charge is 2.07. The van der Waals surface area contributed by atoms with Crippen LogP contribution in [0.2, 0.25) is 0 Å². The molecule has 1 aromatic heterocycles. The van der Waals surface area contributed by atoms with Crippen molar-refractivity contribution in [1.29, 1.82) is 0 Å². The first-order valence-electron chi connectivity index (χ1n) is 4.88. The van der Waals surface area contributed by atoms with E-state index in [1.54, 1.807) is 6.07 Å². The lowest BCUT2D eigenvalue weighted by molar-refractivity contribution is -0.139. The molecule has 0 saturated carbocycles. The molecule has 0 aliphatic heterocycles. The van der Waals surface area contributed by atoms with E-state index in [4.69, 9.17) is 0 Å². The van der Waals surface area contributed by atoms with Gasteiger partial charge in [0.15, 0.2) is 0 Å². The Hall–Kier alpha value is -2.10. The Balaban J connectivity index is 2.50. The fourth-order valence-electron chi connectivity index (χ4n) is 1.55. The first-order valence-corrected chi connectivity index (χ1v) is 4.88.